The number of aromatic nitrogens is 1. The summed E-state index contributed by atoms with van der Waals surface area (Å²) in [5, 5.41) is 2.80. The highest BCUT2D eigenvalue weighted by atomic mass is 32.2. The minimum atomic E-state index is -3.69. The fourth-order valence-electron chi connectivity index (χ4n) is 3.53. The van der Waals surface area contributed by atoms with Crippen molar-refractivity contribution in [2.45, 2.75) is 51.3 Å². The van der Waals surface area contributed by atoms with Crippen molar-refractivity contribution in [1.29, 1.82) is 0 Å². The largest absolute Gasteiger partial charge is 0.373 e. The number of rotatable bonds is 9. The number of hydrogen-bond acceptors (Lipinski definition) is 6. The van der Waals surface area contributed by atoms with Crippen molar-refractivity contribution in [1.82, 2.24) is 19.1 Å². The van der Waals surface area contributed by atoms with E-state index in [-0.39, 0.29) is 29.6 Å². The highest BCUT2D eigenvalue weighted by Gasteiger charge is 2.23. The third-order valence-electron chi connectivity index (χ3n) is 4.86. The maximum Gasteiger partial charge on any atom is 0.251 e. The van der Waals surface area contributed by atoms with E-state index in [9.17, 15) is 18.0 Å². The lowest BCUT2D eigenvalue weighted by atomic mass is 10.2. The van der Waals surface area contributed by atoms with Gasteiger partial charge in [0.25, 0.3) is 5.56 Å². The maximum atomic E-state index is 12.6. The number of nitrogens with zero attached hydrogens (tertiary/aromatic N) is 3. The lowest BCUT2D eigenvalue weighted by Gasteiger charge is -2.35. The van der Waals surface area contributed by atoms with Crippen molar-refractivity contribution in [2.75, 3.05) is 39.3 Å². The zero-order valence-electron chi connectivity index (χ0n) is 17.6. The Labute approximate surface area is 172 Å². The number of morpholine rings is 1. The molecule has 0 aromatic carbocycles. The molecule has 9 nitrogen and oxygen atoms in total. The summed E-state index contributed by atoms with van der Waals surface area (Å²) in [6.45, 7) is 10.7. The topological polar surface area (TPSA) is 101 Å². The predicted molar refractivity (Wildman–Crippen MR) is 110 cm³/mol. The summed E-state index contributed by atoms with van der Waals surface area (Å²) >= 11 is 0. The van der Waals surface area contributed by atoms with Gasteiger partial charge in [0.15, 0.2) is 0 Å². The van der Waals surface area contributed by atoms with Gasteiger partial charge in [-0.05, 0) is 19.9 Å². The molecule has 10 heteroatoms. The molecule has 0 radical (unpaired) electrons. The van der Waals surface area contributed by atoms with Crippen LogP contribution in [0.15, 0.2) is 28.0 Å². The first-order chi connectivity index (χ1) is 13.7. The smallest absolute Gasteiger partial charge is 0.251 e. The standard InChI is InChI=1S/C19H32N4O5S/c1-5-23(6-2)29(26,27)17-7-8-19(25)22(13-17)14-18(24)20-9-10-21-11-15(3)28-16(4)12-21/h7-8,13,15-16H,5-6,9-12,14H2,1-4H3,(H,20,24)/t15-,16-/m1/s1. The monoisotopic (exact) mass is 428 g/mol. The van der Waals surface area contributed by atoms with E-state index >= 15 is 0 Å². The van der Waals surface area contributed by atoms with Gasteiger partial charge in [0.1, 0.15) is 6.54 Å². The van der Waals surface area contributed by atoms with E-state index in [2.05, 4.69) is 10.2 Å². The van der Waals surface area contributed by atoms with E-state index in [1.165, 1.54) is 22.6 Å². The van der Waals surface area contributed by atoms with Crippen molar-refractivity contribution in [3.63, 3.8) is 0 Å². The second-order valence-corrected chi connectivity index (χ2v) is 9.23. The average Bonchev–Trinajstić information content (AvgIpc) is 2.63. The molecule has 2 rings (SSSR count). The minimum absolute atomic E-state index is 0.00453. The van der Waals surface area contributed by atoms with Crippen LogP contribution >= 0.6 is 0 Å². The van der Waals surface area contributed by atoms with Gasteiger partial charge in [-0.1, -0.05) is 13.8 Å². The van der Waals surface area contributed by atoms with Crippen LogP contribution in [-0.2, 0) is 26.1 Å². The normalized spacial score (nSPS) is 20.7. The van der Waals surface area contributed by atoms with Crippen molar-refractivity contribution >= 4 is 15.9 Å². The van der Waals surface area contributed by atoms with Crippen molar-refractivity contribution in [3.8, 4) is 0 Å². The Kier molecular flexibility index (Phi) is 8.38. The van der Waals surface area contributed by atoms with Gasteiger partial charge in [-0.25, -0.2) is 8.42 Å². The Hall–Kier alpha value is -1.75. The Morgan fingerprint density at radius 3 is 2.41 bits per heavy atom. The van der Waals surface area contributed by atoms with Crippen LogP contribution in [0, 0.1) is 0 Å². The molecule has 1 fully saturated rings. The van der Waals surface area contributed by atoms with Crippen LogP contribution in [0.2, 0.25) is 0 Å². The molecule has 2 heterocycles. The number of amides is 1. The molecule has 0 unspecified atom stereocenters. The maximum absolute atomic E-state index is 12.6. The van der Waals surface area contributed by atoms with E-state index in [1.54, 1.807) is 13.8 Å². The van der Waals surface area contributed by atoms with E-state index in [0.29, 0.717) is 26.2 Å². The van der Waals surface area contributed by atoms with Crippen LogP contribution in [0.1, 0.15) is 27.7 Å². The molecule has 1 aromatic rings. The second kappa shape index (κ2) is 10.3. The molecule has 1 N–H and O–H groups in total. The molecule has 0 aliphatic carbocycles. The predicted octanol–water partition coefficient (Wildman–Crippen LogP) is 0.104. The number of pyridine rings is 1. The van der Waals surface area contributed by atoms with Crippen molar-refractivity contribution < 1.29 is 17.9 Å². The SMILES string of the molecule is CCN(CC)S(=O)(=O)c1ccc(=O)n(CC(=O)NCCN2C[C@@H](C)O[C@H](C)C2)c1. The van der Waals surface area contributed by atoms with Gasteiger partial charge >= 0.3 is 0 Å². The van der Waals surface area contributed by atoms with Crippen LogP contribution in [0.5, 0.6) is 0 Å². The van der Waals surface area contributed by atoms with E-state index in [4.69, 9.17) is 4.74 Å². The summed E-state index contributed by atoms with van der Waals surface area (Å²) in [5.74, 6) is -0.334. The first-order valence-electron chi connectivity index (χ1n) is 10.0. The van der Waals surface area contributed by atoms with Gasteiger partial charge in [0, 0.05) is 51.5 Å². The van der Waals surface area contributed by atoms with Gasteiger partial charge in [-0.3, -0.25) is 14.5 Å². The van der Waals surface area contributed by atoms with Crippen molar-refractivity contribution in [2.24, 2.45) is 0 Å². The first-order valence-corrected chi connectivity index (χ1v) is 11.5. The molecule has 0 spiro atoms. The van der Waals surface area contributed by atoms with Crippen LogP contribution < -0.4 is 10.9 Å². The molecule has 29 heavy (non-hydrogen) atoms. The van der Waals surface area contributed by atoms with Crippen LogP contribution in [0.3, 0.4) is 0 Å². The molecule has 0 bridgehead atoms. The number of nitrogens with one attached hydrogen (secondary N) is 1. The number of hydrogen-bond donors (Lipinski definition) is 1. The Bertz CT molecular complexity index is 840. The van der Waals surface area contributed by atoms with Gasteiger partial charge in [0.2, 0.25) is 15.9 Å². The van der Waals surface area contributed by atoms with Gasteiger partial charge in [-0.15, -0.1) is 0 Å². The molecule has 2 atom stereocenters. The van der Waals surface area contributed by atoms with Crippen LogP contribution in [0.4, 0.5) is 0 Å². The summed E-state index contributed by atoms with van der Waals surface area (Å²) in [7, 11) is -3.69. The zero-order valence-corrected chi connectivity index (χ0v) is 18.4. The minimum Gasteiger partial charge on any atom is -0.373 e. The lowest BCUT2D eigenvalue weighted by Crippen LogP contribution is -2.48. The Morgan fingerprint density at radius 1 is 1.21 bits per heavy atom. The summed E-state index contributed by atoms with van der Waals surface area (Å²) < 4.78 is 33.4. The fraction of sp³-hybridized carbons (Fsp3) is 0.684. The number of sulfonamides is 1. The molecule has 1 aliphatic rings. The fourth-order valence-corrected chi connectivity index (χ4v) is 5.01. The molecule has 1 saturated heterocycles. The summed E-state index contributed by atoms with van der Waals surface area (Å²) in [6.07, 6.45) is 1.55. The molecule has 1 amide bonds. The number of carbonyl (C=O) groups excluding carboxylic acids is 1. The molecule has 1 aliphatic heterocycles. The number of ether oxygens (including phenoxy) is 1. The highest BCUT2D eigenvalue weighted by molar-refractivity contribution is 7.89. The lowest BCUT2D eigenvalue weighted by molar-refractivity contribution is -0.121. The quantitative estimate of drug-likeness (QED) is 0.599. The van der Waals surface area contributed by atoms with Gasteiger partial charge < -0.3 is 14.6 Å². The second-order valence-electron chi connectivity index (χ2n) is 7.29. The molecule has 1 aromatic heterocycles. The molecular weight excluding hydrogens is 396 g/mol. The Balaban J connectivity index is 1.97. The van der Waals surface area contributed by atoms with Gasteiger partial charge in [-0.2, -0.15) is 4.31 Å². The van der Waals surface area contributed by atoms with Gasteiger partial charge in [0.05, 0.1) is 17.1 Å². The first kappa shape index (κ1) is 23.5. The molecule has 0 saturated carbocycles. The third kappa shape index (κ3) is 6.36. The average molecular weight is 429 g/mol. The van der Waals surface area contributed by atoms with E-state index in [0.717, 1.165) is 17.7 Å². The summed E-state index contributed by atoms with van der Waals surface area (Å²) in [4.78, 5) is 26.6. The molecular formula is C19H32N4O5S. The third-order valence-corrected chi connectivity index (χ3v) is 6.89. The van der Waals surface area contributed by atoms with Crippen LogP contribution in [-0.4, -0.2) is 79.6 Å². The van der Waals surface area contributed by atoms with Crippen LogP contribution in [0.25, 0.3) is 0 Å². The Morgan fingerprint density at radius 2 is 1.83 bits per heavy atom. The number of carbonyl (C=O) groups is 1. The summed E-state index contributed by atoms with van der Waals surface area (Å²) in [6, 6.07) is 2.46. The van der Waals surface area contributed by atoms with E-state index < -0.39 is 15.6 Å². The zero-order chi connectivity index (χ0) is 21.6. The van der Waals surface area contributed by atoms with E-state index in [1.807, 2.05) is 13.8 Å². The van der Waals surface area contributed by atoms with Crippen molar-refractivity contribution in [3.05, 3.63) is 28.7 Å². The molecule has 164 valence electrons. The summed E-state index contributed by atoms with van der Waals surface area (Å²) in [5.41, 5.74) is -0.422. The highest BCUT2D eigenvalue weighted by Crippen LogP contribution is 2.13.